The lowest BCUT2D eigenvalue weighted by Crippen LogP contribution is -2.06. The molecule has 0 aliphatic heterocycles. The van der Waals surface area contributed by atoms with Crippen LogP contribution in [0, 0.1) is 18.3 Å². The van der Waals surface area contributed by atoms with Gasteiger partial charge < -0.3 is 4.57 Å². The minimum atomic E-state index is 0.697. The van der Waals surface area contributed by atoms with E-state index in [9.17, 15) is 5.26 Å². The highest BCUT2D eigenvalue weighted by molar-refractivity contribution is 5.73. The maximum Gasteiger partial charge on any atom is 0.160 e. The van der Waals surface area contributed by atoms with Crippen LogP contribution in [-0.4, -0.2) is 14.5 Å². The van der Waals surface area contributed by atoms with Crippen LogP contribution in [0.1, 0.15) is 42.3 Å². The van der Waals surface area contributed by atoms with Gasteiger partial charge in [0.15, 0.2) is 5.65 Å². The molecule has 29 heavy (non-hydrogen) atoms. The summed E-state index contributed by atoms with van der Waals surface area (Å²) in [7, 11) is 0. The van der Waals surface area contributed by atoms with Gasteiger partial charge in [-0.2, -0.15) is 5.26 Å². The third-order valence-electron chi connectivity index (χ3n) is 5.21. The van der Waals surface area contributed by atoms with Gasteiger partial charge in [-0.05, 0) is 47.7 Å². The van der Waals surface area contributed by atoms with Crippen molar-refractivity contribution in [2.24, 2.45) is 0 Å². The van der Waals surface area contributed by atoms with Crippen molar-refractivity contribution in [1.82, 2.24) is 14.5 Å². The smallest absolute Gasteiger partial charge is 0.160 e. The molecule has 0 saturated heterocycles. The largest absolute Gasteiger partial charge is 0.308 e. The molecule has 2 heterocycles. The fraction of sp³-hybridized carbons (Fsp3) is 0.240. The first-order valence-corrected chi connectivity index (χ1v) is 10.1. The van der Waals surface area contributed by atoms with E-state index in [0.29, 0.717) is 5.56 Å². The molecule has 0 amide bonds. The van der Waals surface area contributed by atoms with Crippen LogP contribution in [-0.2, 0) is 13.0 Å². The number of aryl methyl sites for hydroxylation is 2. The number of hydrogen-bond donors (Lipinski definition) is 0. The Morgan fingerprint density at radius 2 is 1.86 bits per heavy atom. The average molecular weight is 380 g/mol. The van der Waals surface area contributed by atoms with Crippen molar-refractivity contribution in [3.8, 4) is 17.2 Å². The van der Waals surface area contributed by atoms with Gasteiger partial charge in [0.2, 0.25) is 0 Å². The van der Waals surface area contributed by atoms with E-state index in [1.807, 2.05) is 30.5 Å². The van der Waals surface area contributed by atoms with Crippen molar-refractivity contribution >= 4 is 11.2 Å². The maximum atomic E-state index is 9.36. The number of benzene rings is 2. The van der Waals surface area contributed by atoms with Crippen LogP contribution < -0.4 is 0 Å². The predicted octanol–water partition coefficient (Wildman–Crippen LogP) is 5.67. The Morgan fingerprint density at radius 1 is 1.07 bits per heavy atom. The predicted molar refractivity (Wildman–Crippen MR) is 117 cm³/mol. The fourth-order valence-corrected chi connectivity index (χ4v) is 3.65. The van der Waals surface area contributed by atoms with Crippen LogP contribution in [0.5, 0.6) is 0 Å². The minimum absolute atomic E-state index is 0.697. The van der Waals surface area contributed by atoms with Gasteiger partial charge in [0.1, 0.15) is 11.3 Å². The average Bonchev–Trinajstić information content (AvgIpc) is 3.09. The summed E-state index contributed by atoms with van der Waals surface area (Å²) in [5.74, 6) is 1.10. The molecule has 2 aromatic carbocycles. The Labute approximate surface area is 171 Å². The summed E-state index contributed by atoms with van der Waals surface area (Å²) in [6.07, 6.45) is 5.13. The van der Waals surface area contributed by atoms with Gasteiger partial charge in [0, 0.05) is 12.6 Å². The third-order valence-corrected chi connectivity index (χ3v) is 5.21. The van der Waals surface area contributed by atoms with Crippen LogP contribution in [0.3, 0.4) is 0 Å². The molecule has 0 aliphatic carbocycles. The summed E-state index contributed by atoms with van der Waals surface area (Å²) in [6.45, 7) is 4.99. The van der Waals surface area contributed by atoms with Gasteiger partial charge in [0.05, 0.1) is 18.2 Å². The number of pyridine rings is 1. The van der Waals surface area contributed by atoms with E-state index in [-0.39, 0.29) is 0 Å². The third kappa shape index (κ3) is 3.90. The Balaban J connectivity index is 1.67. The summed E-state index contributed by atoms with van der Waals surface area (Å²) in [5, 5.41) is 9.36. The molecule has 2 aromatic heterocycles. The number of aromatic nitrogens is 3. The molecule has 4 heteroatoms. The second-order valence-corrected chi connectivity index (χ2v) is 7.43. The summed E-state index contributed by atoms with van der Waals surface area (Å²) in [4.78, 5) is 9.52. The summed E-state index contributed by atoms with van der Waals surface area (Å²) < 4.78 is 2.24. The van der Waals surface area contributed by atoms with E-state index in [2.05, 4.69) is 59.8 Å². The highest BCUT2D eigenvalue weighted by atomic mass is 15.1. The number of imidazole rings is 1. The Hall–Kier alpha value is -3.45. The molecule has 4 nitrogen and oxygen atoms in total. The Morgan fingerprint density at radius 3 is 2.62 bits per heavy atom. The molecule has 4 rings (SSSR count). The molecule has 4 aromatic rings. The number of nitriles is 1. The van der Waals surface area contributed by atoms with Crippen LogP contribution in [0.2, 0.25) is 0 Å². The zero-order valence-corrected chi connectivity index (χ0v) is 16.9. The lowest BCUT2D eigenvalue weighted by atomic mass is 9.99. The molecule has 0 saturated carbocycles. The van der Waals surface area contributed by atoms with Gasteiger partial charge in [-0.15, -0.1) is 0 Å². The van der Waals surface area contributed by atoms with Crippen molar-refractivity contribution in [3.63, 3.8) is 0 Å². The number of nitrogens with zero attached hydrogens (tertiary/aromatic N) is 4. The van der Waals surface area contributed by atoms with E-state index < -0.39 is 0 Å². The molecule has 0 fully saturated rings. The van der Waals surface area contributed by atoms with Crippen molar-refractivity contribution in [2.75, 3.05) is 0 Å². The first-order chi connectivity index (χ1) is 14.2. The van der Waals surface area contributed by atoms with Gasteiger partial charge in [-0.1, -0.05) is 55.8 Å². The summed E-state index contributed by atoms with van der Waals surface area (Å²) in [5.41, 5.74) is 6.96. The zero-order valence-electron chi connectivity index (χ0n) is 16.9. The van der Waals surface area contributed by atoms with Crippen molar-refractivity contribution in [2.45, 2.75) is 39.7 Å². The highest BCUT2D eigenvalue weighted by Gasteiger charge is 2.13. The number of unbranched alkanes of at least 4 members (excludes halogenated alkanes) is 1. The molecule has 0 N–H and O–H groups in total. The first-order valence-electron chi connectivity index (χ1n) is 10.1. The molecule has 0 radical (unpaired) electrons. The van der Waals surface area contributed by atoms with Gasteiger partial charge in [0.25, 0.3) is 0 Å². The van der Waals surface area contributed by atoms with Gasteiger partial charge >= 0.3 is 0 Å². The van der Waals surface area contributed by atoms with Crippen LogP contribution in [0.4, 0.5) is 0 Å². The maximum absolute atomic E-state index is 9.36. The van der Waals surface area contributed by atoms with Crippen LogP contribution in [0.15, 0.2) is 60.8 Å². The van der Waals surface area contributed by atoms with E-state index in [0.717, 1.165) is 59.5 Å². The summed E-state index contributed by atoms with van der Waals surface area (Å²) in [6, 6.07) is 20.5. The quantitative estimate of drug-likeness (QED) is 0.433. The number of hydrogen-bond acceptors (Lipinski definition) is 3. The zero-order chi connectivity index (χ0) is 20.2. The van der Waals surface area contributed by atoms with E-state index in [1.54, 1.807) is 0 Å². The number of fused-ring (bicyclic) bond motifs is 1. The normalized spacial score (nSPS) is 10.9. The van der Waals surface area contributed by atoms with Crippen molar-refractivity contribution < 1.29 is 0 Å². The molecule has 0 unspecified atom stereocenters. The minimum Gasteiger partial charge on any atom is -0.308 e. The SMILES string of the molecule is CCCCc1nc2cc(C)cnc2n1Cc1ccc(-c2ccccc2C#N)cc1. The van der Waals surface area contributed by atoms with Crippen LogP contribution >= 0.6 is 0 Å². The topological polar surface area (TPSA) is 54.5 Å². The van der Waals surface area contributed by atoms with E-state index >= 15 is 0 Å². The van der Waals surface area contributed by atoms with Crippen molar-refractivity contribution in [3.05, 3.63) is 83.3 Å². The van der Waals surface area contributed by atoms with Gasteiger partial charge in [-0.25, -0.2) is 9.97 Å². The summed E-state index contributed by atoms with van der Waals surface area (Å²) >= 11 is 0. The molecule has 144 valence electrons. The molecule has 0 aliphatic rings. The van der Waals surface area contributed by atoms with E-state index in [1.165, 1.54) is 5.56 Å². The second-order valence-electron chi connectivity index (χ2n) is 7.43. The van der Waals surface area contributed by atoms with Crippen molar-refractivity contribution in [1.29, 1.82) is 5.26 Å². The fourth-order valence-electron chi connectivity index (χ4n) is 3.65. The number of rotatable bonds is 6. The second kappa shape index (κ2) is 8.28. The lowest BCUT2D eigenvalue weighted by Gasteiger charge is -2.10. The lowest BCUT2D eigenvalue weighted by molar-refractivity contribution is 0.686. The highest BCUT2D eigenvalue weighted by Crippen LogP contribution is 2.25. The standard InChI is InChI=1S/C25H24N4/c1-3-4-9-24-28-23-14-18(2)16-27-25(23)29(24)17-19-10-12-20(13-11-19)22-8-6-5-7-21(22)15-26/h5-8,10-14,16H,3-4,9,17H2,1-2H3. The molecular weight excluding hydrogens is 356 g/mol. The molecule has 0 atom stereocenters. The Kier molecular flexibility index (Phi) is 5.39. The molecule has 0 bridgehead atoms. The van der Waals surface area contributed by atoms with E-state index in [4.69, 9.17) is 4.98 Å². The van der Waals surface area contributed by atoms with Gasteiger partial charge in [-0.3, -0.25) is 0 Å². The first kappa shape index (κ1) is 18.9. The molecule has 0 spiro atoms. The molecular formula is C25H24N4. The monoisotopic (exact) mass is 380 g/mol. The Bertz CT molecular complexity index is 1180. The van der Waals surface area contributed by atoms with Crippen LogP contribution in [0.25, 0.3) is 22.3 Å².